The molecule has 0 spiro atoms. The molecule has 0 aromatic carbocycles. The monoisotopic (exact) mass is 328 g/mol. The van der Waals surface area contributed by atoms with E-state index >= 15 is 0 Å². The molecule has 22 heavy (non-hydrogen) atoms. The van der Waals surface area contributed by atoms with Crippen molar-refractivity contribution in [1.29, 1.82) is 0 Å². The van der Waals surface area contributed by atoms with Crippen molar-refractivity contribution in [3.8, 4) is 0 Å². The van der Waals surface area contributed by atoms with Crippen molar-refractivity contribution in [3.63, 3.8) is 0 Å². The molecule has 0 aliphatic carbocycles. The van der Waals surface area contributed by atoms with Crippen molar-refractivity contribution in [2.24, 2.45) is 0 Å². The Morgan fingerprint density at radius 1 is 1.45 bits per heavy atom. The van der Waals surface area contributed by atoms with Gasteiger partial charge in [0.1, 0.15) is 11.0 Å². The molecule has 2 heterocycles. The number of hydrogen-bond acceptors (Lipinski definition) is 4. The van der Waals surface area contributed by atoms with E-state index in [2.05, 4.69) is 24.0 Å². The van der Waals surface area contributed by atoms with Gasteiger partial charge in [0.2, 0.25) is 5.91 Å². The quantitative estimate of drug-likeness (QED) is 0.846. The minimum Gasteiger partial charge on any atom is -0.395 e. The van der Waals surface area contributed by atoms with Crippen molar-refractivity contribution in [2.75, 3.05) is 33.8 Å². The number of aliphatic hydroxyl groups excluding tert-OH is 1. The Balaban J connectivity index is 1.83. The van der Waals surface area contributed by atoms with E-state index in [1.165, 1.54) is 0 Å². The first-order valence-corrected chi connectivity index (χ1v) is 8.15. The number of carbonyl (C=O) groups excluding carboxylic acids is 1. The summed E-state index contributed by atoms with van der Waals surface area (Å²) in [5.74, 6) is 0.933. The Bertz CT molecular complexity index is 496. The van der Waals surface area contributed by atoms with Gasteiger partial charge in [0.05, 0.1) is 12.8 Å². The van der Waals surface area contributed by atoms with Gasteiger partial charge in [-0.05, 0) is 26.9 Å². The predicted molar refractivity (Wildman–Crippen MR) is 85.9 cm³/mol. The molecule has 0 bridgehead atoms. The van der Waals surface area contributed by atoms with Crippen molar-refractivity contribution < 1.29 is 9.90 Å². The number of aromatic nitrogens is 2. The molecule has 1 aliphatic heterocycles. The Labute approximate surface area is 136 Å². The molecule has 6 nitrogen and oxygen atoms in total. The van der Waals surface area contributed by atoms with Crippen LogP contribution in [0, 0.1) is 0 Å². The van der Waals surface area contributed by atoms with Gasteiger partial charge in [-0.25, -0.2) is 4.98 Å². The van der Waals surface area contributed by atoms with E-state index < -0.39 is 0 Å². The topological polar surface area (TPSA) is 61.6 Å². The average molecular weight is 329 g/mol. The number of imidazole rings is 1. The van der Waals surface area contributed by atoms with Crippen molar-refractivity contribution in [2.45, 2.75) is 38.3 Å². The minimum absolute atomic E-state index is 0.00900. The van der Waals surface area contributed by atoms with Gasteiger partial charge in [-0.1, -0.05) is 11.6 Å². The molecule has 0 saturated carbocycles. The van der Waals surface area contributed by atoms with Crippen LogP contribution in [-0.2, 0) is 17.8 Å². The first-order chi connectivity index (χ1) is 10.5. The molecule has 0 atom stereocenters. The Hall–Kier alpha value is -1.11. The second-order valence-corrected chi connectivity index (χ2v) is 6.34. The average Bonchev–Trinajstić information content (AvgIpc) is 2.86. The van der Waals surface area contributed by atoms with Crippen LogP contribution in [0.4, 0.5) is 0 Å². The van der Waals surface area contributed by atoms with Crippen LogP contribution in [0.15, 0.2) is 6.20 Å². The molecule has 1 saturated heterocycles. The van der Waals surface area contributed by atoms with E-state index in [4.69, 9.17) is 16.7 Å². The molecular formula is C15H25ClN4O2. The molecule has 1 fully saturated rings. The molecule has 1 aliphatic rings. The Morgan fingerprint density at radius 2 is 2.14 bits per heavy atom. The highest BCUT2D eigenvalue weighted by Gasteiger charge is 2.23. The molecule has 2 rings (SSSR count). The number of halogens is 1. The number of carbonyl (C=O) groups is 1. The fourth-order valence-electron chi connectivity index (χ4n) is 2.93. The van der Waals surface area contributed by atoms with E-state index in [0.717, 1.165) is 31.8 Å². The summed E-state index contributed by atoms with van der Waals surface area (Å²) in [4.78, 5) is 20.7. The smallest absolute Gasteiger partial charge is 0.223 e. The lowest BCUT2D eigenvalue weighted by atomic mass is 10.0. The first-order valence-electron chi connectivity index (χ1n) is 7.78. The maximum absolute atomic E-state index is 12.3. The number of aryl methyl sites for hydroxylation is 1. The normalized spacial score (nSPS) is 16.5. The summed E-state index contributed by atoms with van der Waals surface area (Å²) in [6, 6.07) is 0.575. The second kappa shape index (κ2) is 7.94. The highest BCUT2D eigenvalue weighted by Crippen LogP contribution is 2.17. The highest BCUT2D eigenvalue weighted by molar-refractivity contribution is 6.29. The number of nitrogens with zero attached hydrogens (tertiary/aromatic N) is 4. The number of piperidine rings is 1. The van der Waals surface area contributed by atoms with Crippen molar-refractivity contribution in [1.82, 2.24) is 19.4 Å². The first kappa shape index (κ1) is 17.2. The van der Waals surface area contributed by atoms with Gasteiger partial charge >= 0.3 is 0 Å². The molecule has 1 N–H and O–H groups in total. The maximum atomic E-state index is 12.3. The van der Waals surface area contributed by atoms with Crippen LogP contribution in [-0.4, -0.2) is 70.2 Å². The van der Waals surface area contributed by atoms with Gasteiger partial charge in [-0.2, -0.15) is 0 Å². The highest BCUT2D eigenvalue weighted by atomic mass is 35.5. The summed E-state index contributed by atoms with van der Waals surface area (Å²) in [6.45, 7) is 2.08. The summed E-state index contributed by atoms with van der Waals surface area (Å²) in [6.07, 6.45) is 4.62. The number of rotatable bonds is 6. The van der Waals surface area contributed by atoms with Crippen molar-refractivity contribution >= 4 is 17.5 Å². The van der Waals surface area contributed by atoms with Gasteiger partial charge in [-0.3, -0.25) is 4.79 Å². The number of aliphatic hydroxyl groups is 1. The zero-order chi connectivity index (χ0) is 16.1. The molecule has 7 heteroatoms. The minimum atomic E-state index is 0.00900. The van der Waals surface area contributed by atoms with Crippen LogP contribution in [0.3, 0.4) is 0 Å². The van der Waals surface area contributed by atoms with Crippen LogP contribution in [0.5, 0.6) is 0 Å². The molecule has 0 radical (unpaired) electrons. The van der Waals surface area contributed by atoms with Gasteiger partial charge in [0.15, 0.2) is 0 Å². The summed E-state index contributed by atoms with van der Waals surface area (Å²) in [5, 5.41) is 9.55. The Morgan fingerprint density at radius 3 is 2.73 bits per heavy atom. The van der Waals surface area contributed by atoms with Gasteiger partial charge in [0, 0.05) is 38.5 Å². The fourth-order valence-corrected chi connectivity index (χ4v) is 3.17. The van der Waals surface area contributed by atoms with Gasteiger partial charge < -0.3 is 19.5 Å². The zero-order valence-corrected chi connectivity index (χ0v) is 14.1. The molecule has 1 aromatic rings. The molecular weight excluding hydrogens is 304 g/mol. The lowest BCUT2D eigenvalue weighted by Gasteiger charge is -2.35. The third kappa shape index (κ3) is 4.21. The van der Waals surface area contributed by atoms with Crippen molar-refractivity contribution in [3.05, 3.63) is 17.2 Å². The van der Waals surface area contributed by atoms with E-state index in [1.54, 1.807) is 10.8 Å². The molecule has 0 unspecified atom stereocenters. The maximum Gasteiger partial charge on any atom is 0.223 e. The fraction of sp³-hybridized carbons (Fsp3) is 0.733. The van der Waals surface area contributed by atoms with E-state index in [1.807, 2.05) is 4.90 Å². The third-order valence-electron chi connectivity index (χ3n) is 4.32. The summed E-state index contributed by atoms with van der Waals surface area (Å²) in [5.41, 5.74) is 0. The summed E-state index contributed by atoms with van der Waals surface area (Å²) >= 11 is 6.02. The molecule has 124 valence electrons. The van der Waals surface area contributed by atoms with Gasteiger partial charge in [0.25, 0.3) is 0 Å². The molecule has 1 amide bonds. The van der Waals surface area contributed by atoms with Crippen LogP contribution >= 0.6 is 11.6 Å². The van der Waals surface area contributed by atoms with Gasteiger partial charge in [-0.15, -0.1) is 0 Å². The largest absolute Gasteiger partial charge is 0.395 e. The predicted octanol–water partition coefficient (Wildman–Crippen LogP) is 1.01. The summed E-state index contributed by atoms with van der Waals surface area (Å²) < 4.78 is 1.76. The van der Waals surface area contributed by atoms with E-state index in [0.29, 0.717) is 30.6 Å². The van der Waals surface area contributed by atoms with E-state index in [-0.39, 0.29) is 12.5 Å². The number of amides is 1. The van der Waals surface area contributed by atoms with Crippen LogP contribution in [0.25, 0.3) is 0 Å². The number of hydrogen-bond donors (Lipinski definition) is 1. The summed E-state index contributed by atoms with van der Waals surface area (Å²) in [7, 11) is 4.18. The lowest BCUT2D eigenvalue weighted by molar-refractivity contribution is -0.132. The molecule has 1 aromatic heterocycles. The Kier molecular flexibility index (Phi) is 6.23. The van der Waals surface area contributed by atoms with Crippen LogP contribution in [0.2, 0.25) is 5.15 Å². The standard InChI is InChI=1S/C15H25ClN4O2/c1-18(2)12-5-7-19(8-6-12)15(22)4-3-14-17-11-13(16)20(14)9-10-21/h11-12,21H,3-10H2,1-2H3. The zero-order valence-electron chi connectivity index (χ0n) is 13.3. The van der Waals surface area contributed by atoms with E-state index in [9.17, 15) is 4.79 Å². The SMILES string of the molecule is CN(C)C1CCN(C(=O)CCc2ncc(Cl)n2CCO)CC1. The lowest BCUT2D eigenvalue weighted by Crippen LogP contribution is -2.44. The number of likely N-dealkylation sites (tertiary alicyclic amines) is 1. The second-order valence-electron chi connectivity index (χ2n) is 5.95. The van der Waals surface area contributed by atoms with Crippen LogP contribution < -0.4 is 0 Å². The van der Waals surface area contributed by atoms with Crippen LogP contribution in [0.1, 0.15) is 25.1 Å². The third-order valence-corrected chi connectivity index (χ3v) is 4.62.